The zero-order chi connectivity index (χ0) is 12.0. The van der Waals surface area contributed by atoms with Crippen molar-refractivity contribution in [3.05, 3.63) is 52.8 Å². The second-order valence-electron chi connectivity index (χ2n) is 3.84. The van der Waals surface area contributed by atoms with E-state index in [0.717, 1.165) is 6.42 Å². The van der Waals surface area contributed by atoms with Crippen molar-refractivity contribution in [2.24, 2.45) is 0 Å². The molecular weight excluding hydrogens is 192 g/mol. The first-order chi connectivity index (χ1) is 7.72. The molecule has 1 aromatic rings. The van der Waals surface area contributed by atoms with Crippen LogP contribution < -0.4 is 0 Å². The Morgan fingerprint density at radius 3 is 2.62 bits per heavy atom. The van der Waals surface area contributed by atoms with E-state index in [4.69, 9.17) is 0 Å². The van der Waals surface area contributed by atoms with Gasteiger partial charge in [-0.2, -0.15) is 0 Å². The highest BCUT2D eigenvalue weighted by Gasteiger charge is 2.01. The van der Waals surface area contributed by atoms with Gasteiger partial charge in [0.25, 0.3) is 0 Å². The summed E-state index contributed by atoms with van der Waals surface area (Å²) in [6, 6.07) is 6.60. The van der Waals surface area contributed by atoms with Crippen LogP contribution in [0.15, 0.2) is 36.1 Å². The SMILES string of the molecule is CC=C=C(CC)c1ccc(C)c(/C=C\C)c1. The fourth-order valence-corrected chi connectivity index (χ4v) is 1.75. The van der Waals surface area contributed by atoms with E-state index in [9.17, 15) is 0 Å². The highest BCUT2D eigenvalue weighted by Crippen LogP contribution is 2.21. The Hall–Kier alpha value is -1.52. The fraction of sp³-hybridized carbons (Fsp3) is 0.312. The van der Waals surface area contributed by atoms with Gasteiger partial charge in [0.15, 0.2) is 0 Å². The molecule has 0 aliphatic rings. The van der Waals surface area contributed by atoms with Crippen molar-refractivity contribution < 1.29 is 0 Å². The van der Waals surface area contributed by atoms with E-state index in [-0.39, 0.29) is 0 Å². The summed E-state index contributed by atoms with van der Waals surface area (Å²) in [6.45, 7) is 8.37. The fourth-order valence-electron chi connectivity index (χ4n) is 1.75. The minimum absolute atomic E-state index is 1.02. The zero-order valence-corrected chi connectivity index (χ0v) is 10.7. The van der Waals surface area contributed by atoms with Crippen LogP contribution in [0.5, 0.6) is 0 Å². The smallest absolute Gasteiger partial charge is 0.000604 e. The summed E-state index contributed by atoms with van der Waals surface area (Å²) >= 11 is 0. The number of benzene rings is 1. The molecule has 0 radical (unpaired) electrons. The maximum Gasteiger partial charge on any atom is 0.000604 e. The van der Waals surface area contributed by atoms with Crippen molar-refractivity contribution in [2.75, 3.05) is 0 Å². The van der Waals surface area contributed by atoms with E-state index in [1.165, 1.54) is 22.3 Å². The highest BCUT2D eigenvalue weighted by molar-refractivity contribution is 5.68. The highest BCUT2D eigenvalue weighted by atomic mass is 14.0. The molecule has 0 fully saturated rings. The first-order valence-electron chi connectivity index (χ1n) is 5.86. The molecule has 0 saturated carbocycles. The lowest BCUT2D eigenvalue weighted by atomic mass is 9.98. The summed E-state index contributed by atoms with van der Waals surface area (Å²) in [5.74, 6) is 0. The van der Waals surface area contributed by atoms with E-state index in [1.807, 2.05) is 13.0 Å². The first-order valence-corrected chi connectivity index (χ1v) is 5.86. The molecule has 0 amide bonds. The van der Waals surface area contributed by atoms with E-state index in [2.05, 4.69) is 56.9 Å². The van der Waals surface area contributed by atoms with Crippen LogP contribution in [-0.4, -0.2) is 0 Å². The van der Waals surface area contributed by atoms with Gasteiger partial charge in [0.05, 0.1) is 0 Å². The largest absolute Gasteiger partial charge is 0.121 e. The molecule has 1 aromatic carbocycles. The number of aryl methyl sites for hydroxylation is 1. The zero-order valence-electron chi connectivity index (χ0n) is 10.7. The molecule has 0 spiro atoms. The van der Waals surface area contributed by atoms with Crippen molar-refractivity contribution in [1.29, 1.82) is 0 Å². The predicted octanol–water partition coefficient (Wildman–Crippen LogP) is 5.00. The van der Waals surface area contributed by atoms with Gasteiger partial charge >= 0.3 is 0 Å². The van der Waals surface area contributed by atoms with Gasteiger partial charge in [-0.25, -0.2) is 0 Å². The van der Waals surface area contributed by atoms with Crippen molar-refractivity contribution in [3.63, 3.8) is 0 Å². The van der Waals surface area contributed by atoms with Crippen LogP contribution >= 0.6 is 0 Å². The number of hydrogen-bond donors (Lipinski definition) is 0. The van der Waals surface area contributed by atoms with Crippen LogP contribution in [0, 0.1) is 6.92 Å². The molecule has 0 aliphatic heterocycles. The Morgan fingerprint density at radius 1 is 1.31 bits per heavy atom. The molecule has 0 atom stereocenters. The van der Waals surface area contributed by atoms with Gasteiger partial charge in [-0.3, -0.25) is 0 Å². The second kappa shape index (κ2) is 6.15. The summed E-state index contributed by atoms with van der Waals surface area (Å²) in [4.78, 5) is 0. The third kappa shape index (κ3) is 2.98. The third-order valence-electron chi connectivity index (χ3n) is 2.65. The molecule has 0 unspecified atom stereocenters. The minimum Gasteiger partial charge on any atom is -0.121 e. The van der Waals surface area contributed by atoms with Crippen molar-refractivity contribution in [1.82, 2.24) is 0 Å². The topological polar surface area (TPSA) is 0 Å². The Morgan fingerprint density at radius 2 is 2.06 bits per heavy atom. The van der Waals surface area contributed by atoms with Crippen molar-refractivity contribution >= 4 is 11.6 Å². The summed E-state index contributed by atoms with van der Waals surface area (Å²) in [6.07, 6.45) is 7.23. The molecule has 0 heterocycles. The van der Waals surface area contributed by atoms with Gasteiger partial charge in [-0.1, -0.05) is 31.2 Å². The lowest BCUT2D eigenvalue weighted by Crippen LogP contribution is -1.86. The molecule has 0 aliphatic carbocycles. The van der Waals surface area contributed by atoms with Gasteiger partial charge in [-0.05, 0) is 56.0 Å². The number of hydrogen-bond acceptors (Lipinski definition) is 0. The van der Waals surface area contributed by atoms with Crippen molar-refractivity contribution in [2.45, 2.75) is 34.1 Å². The van der Waals surface area contributed by atoms with Crippen LogP contribution in [0.25, 0.3) is 11.6 Å². The summed E-state index contributed by atoms with van der Waals surface area (Å²) in [5.41, 5.74) is 8.47. The Labute approximate surface area is 99.0 Å². The Bertz CT molecular complexity index is 441. The monoisotopic (exact) mass is 212 g/mol. The molecule has 1 rings (SSSR count). The van der Waals surface area contributed by atoms with Crippen LogP contribution in [-0.2, 0) is 0 Å². The van der Waals surface area contributed by atoms with Gasteiger partial charge in [0.1, 0.15) is 0 Å². The minimum atomic E-state index is 1.02. The average molecular weight is 212 g/mol. The normalized spacial score (nSPS) is 10.2. The Balaban J connectivity index is 3.26. The summed E-state index contributed by atoms with van der Waals surface area (Å²) < 4.78 is 0. The molecule has 0 saturated heterocycles. The Kier molecular flexibility index (Phi) is 4.82. The van der Waals surface area contributed by atoms with Crippen molar-refractivity contribution in [3.8, 4) is 0 Å². The number of rotatable bonds is 3. The third-order valence-corrected chi connectivity index (χ3v) is 2.65. The quantitative estimate of drug-likeness (QED) is 0.619. The van der Waals surface area contributed by atoms with E-state index in [1.54, 1.807) is 0 Å². The first kappa shape index (κ1) is 12.5. The van der Waals surface area contributed by atoms with Crippen LogP contribution in [0.4, 0.5) is 0 Å². The van der Waals surface area contributed by atoms with Gasteiger partial charge in [-0.15, -0.1) is 5.73 Å². The van der Waals surface area contributed by atoms with Gasteiger partial charge in [0, 0.05) is 5.57 Å². The van der Waals surface area contributed by atoms with Crippen LogP contribution in [0.2, 0.25) is 0 Å². The summed E-state index contributed by atoms with van der Waals surface area (Å²) in [7, 11) is 0. The molecule has 84 valence electrons. The van der Waals surface area contributed by atoms with E-state index in [0.29, 0.717) is 0 Å². The maximum atomic E-state index is 3.30. The molecule has 0 nitrogen and oxygen atoms in total. The van der Waals surface area contributed by atoms with Gasteiger partial charge in [0.2, 0.25) is 0 Å². The maximum absolute atomic E-state index is 3.30. The van der Waals surface area contributed by atoms with E-state index >= 15 is 0 Å². The second-order valence-corrected chi connectivity index (χ2v) is 3.84. The van der Waals surface area contributed by atoms with E-state index < -0.39 is 0 Å². The van der Waals surface area contributed by atoms with Gasteiger partial charge < -0.3 is 0 Å². The average Bonchev–Trinajstić information content (AvgIpc) is 2.29. The predicted molar refractivity (Wildman–Crippen MR) is 73.3 cm³/mol. The van der Waals surface area contributed by atoms with Crippen LogP contribution in [0.1, 0.15) is 43.9 Å². The molecule has 0 heteroatoms. The standard InChI is InChI=1S/C16H20/c1-5-8-14(7-3)16-11-10-13(4)15(12-16)9-6-2/h5-6,9-12H,7H2,1-4H3/b9-6-. The molecule has 16 heavy (non-hydrogen) atoms. The van der Waals surface area contributed by atoms with Crippen LogP contribution in [0.3, 0.4) is 0 Å². The molecular formula is C16H20. The summed E-state index contributed by atoms with van der Waals surface area (Å²) in [5, 5.41) is 0. The number of allylic oxidation sites excluding steroid dienone is 2. The lowest BCUT2D eigenvalue weighted by Gasteiger charge is -2.06. The molecule has 0 N–H and O–H groups in total. The molecule has 0 aromatic heterocycles. The lowest BCUT2D eigenvalue weighted by molar-refractivity contribution is 1.24. The molecule has 0 bridgehead atoms.